The summed E-state index contributed by atoms with van der Waals surface area (Å²) in [6, 6.07) is 3.87. The first-order valence-electron chi connectivity index (χ1n) is 5.94. The van der Waals surface area contributed by atoms with Crippen LogP contribution in [0.4, 0.5) is 5.82 Å². The average molecular weight is 248 g/mol. The number of pyridine rings is 1. The summed E-state index contributed by atoms with van der Waals surface area (Å²) in [5.74, 6) is 0.941. The van der Waals surface area contributed by atoms with E-state index in [2.05, 4.69) is 16.6 Å². The molecule has 1 saturated carbocycles. The number of thioether (sulfide) groups is 1. The second-order valence-corrected chi connectivity index (χ2v) is 5.86. The van der Waals surface area contributed by atoms with Crippen molar-refractivity contribution in [2.75, 3.05) is 18.1 Å². The Labute approximate surface area is 105 Å². The van der Waals surface area contributed by atoms with Crippen LogP contribution in [0.3, 0.4) is 0 Å². The number of hydrogen-bond donors (Lipinski definition) is 1. The predicted molar refractivity (Wildman–Crippen MR) is 72.6 cm³/mol. The Morgan fingerprint density at radius 3 is 3.06 bits per heavy atom. The molecule has 3 nitrogen and oxygen atoms in total. The predicted octanol–water partition coefficient (Wildman–Crippen LogP) is 3.53. The van der Waals surface area contributed by atoms with Crippen molar-refractivity contribution < 1.29 is 4.42 Å². The van der Waals surface area contributed by atoms with Gasteiger partial charge in [-0.05, 0) is 31.2 Å². The van der Waals surface area contributed by atoms with Gasteiger partial charge in [0.05, 0.1) is 11.6 Å². The van der Waals surface area contributed by atoms with Crippen molar-refractivity contribution in [3.63, 3.8) is 0 Å². The van der Waals surface area contributed by atoms with Crippen LogP contribution in [0.25, 0.3) is 11.0 Å². The number of anilines is 1. The molecule has 0 saturated heterocycles. The van der Waals surface area contributed by atoms with Gasteiger partial charge in [-0.3, -0.25) is 0 Å². The molecule has 0 radical (unpaired) electrons. The third-order valence-electron chi connectivity index (χ3n) is 3.66. The molecule has 2 aromatic heterocycles. The van der Waals surface area contributed by atoms with E-state index in [9.17, 15) is 0 Å². The van der Waals surface area contributed by atoms with E-state index in [0.29, 0.717) is 4.75 Å². The number of furan rings is 1. The van der Waals surface area contributed by atoms with Crippen LogP contribution in [0.2, 0.25) is 0 Å². The molecule has 2 aromatic rings. The maximum Gasteiger partial charge on any atom is 0.139 e. The van der Waals surface area contributed by atoms with Gasteiger partial charge in [0.1, 0.15) is 11.4 Å². The highest BCUT2D eigenvalue weighted by Crippen LogP contribution is 2.42. The SMILES string of the molecule is CSC1(CNc2nccc3occc23)CCC1. The molecule has 0 aromatic carbocycles. The summed E-state index contributed by atoms with van der Waals surface area (Å²) < 4.78 is 5.80. The average Bonchev–Trinajstić information content (AvgIpc) is 2.77. The minimum Gasteiger partial charge on any atom is -0.464 e. The standard InChI is InChI=1S/C13H16N2OS/c1-17-13(5-2-6-13)9-15-12-10-4-8-16-11(10)3-7-14-12/h3-4,7-8H,2,5-6,9H2,1H3,(H,14,15). The summed E-state index contributed by atoms with van der Waals surface area (Å²) in [4.78, 5) is 4.39. The Morgan fingerprint density at radius 2 is 2.35 bits per heavy atom. The van der Waals surface area contributed by atoms with Crippen molar-refractivity contribution >= 4 is 28.5 Å². The minimum atomic E-state index is 0.424. The van der Waals surface area contributed by atoms with E-state index in [1.165, 1.54) is 19.3 Å². The summed E-state index contributed by atoms with van der Waals surface area (Å²) in [5, 5.41) is 4.55. The van der Waals surface area contributed by atoms with E-state index in [1.54, 1.807) is 12.5 Å². The lowest BCUT2D eigenvalue weighted by atomic mass is 9.84. The second kappa shape index (κ2) is 4.26. The molecule has 90 valence electrons. The lowest BCUT2D eigenvalue weighted by Gasteiger charge is -2.40. The molecule has 4 heteroatoms. The summed E-state index contributed by atoms with van der Waals surface area (Å²) in [5.41, 5.74) is 0.898. The number of rotatable bonds is 4. The van der Waals surface area contributed by atoms with Gasteiger partial charge in [-0.2, -0.15) is 11.8 Å². The fourth-order valence-corrected chi connectivity index (χ4v) is 3.22. The zero-order valence-corrected chi connectivity index (χ0v) is 10.7. The molecule has 0 atom stereocenters. The van der Waals surface area contributed by atoms with Crippen molar-refractivity contribution in [2.24, 2.45) is 0 Å². The largest absolute Gasteiger partial charge is 0.464 e. The third-order valence-corrected chi connectivity index (χ3v) is 5.07. The summed E-state index contributed by atoms with van der Waals surface area (Å²) in [6.07, 6.45) is 9.68. The summed E-state index contributed by atoms with van der Waals surface area (Å²) in [7, 11) is 0. The highest BCUT2D eigenvalue weighted by Gasteiger charge is 2.35. The molecule has 1 aliphatic rings. The van der Waals surface area contributed by atoms with Crippen molar-refractivity contribution in [2.45, 2.75) is 24.0 Å². The first-order valence-corrected chi connectivity index (χ1v) is 7.17. The van der Waals surface area contributed by atoms with Crippen molar-refractivity contribution in [3.05, 3.63) is 24.6 Å². The van der Waals surface area contributed by atoms with Gasteiger partial charge < -0.3 is 9.73 Å². The molecule has 2 heterocycles. The summed E-state index contributed by atoms with van der Waals surface area (Å²) in [6.45, 7) is 0.992. The van der Waals surface area contributed by atoms with Crippen molar-refractivity contribution in [1.82, 2.24) is 4.98 Å². The fraction of sp³-hybridized carbons (Fsp3) is 0.462. The van der Waals surface area contributed by atoms with E-state index in [4.69, 9.17) is 4.42 Å². The topological polar surface area (TPSA) is 38.1 Å². The molecule has 3 rings (SSSR count). The van der Waals surface area contributed by atoms with E-state index in [1.807, 2.05) is 23.9 Å². The van der Waals surface area contributed by atoms with Gasteiger partial charge in [-0.25, -0.2) is 4.98 Å². The van der Waals surface area contributed by atoms with Crippen molar-refractivity contribution in [1.29, 1.82) is 0 Å². The highest BCUT2D eigenvalue weighted by atomic mass is 32.2. The number of aromatic nitrogens is 1. The molecule has 1 fully saturated rings. The Hall–Kier alpha value is -1.16. The minimum absolute atomic E-state index is 0.424. The number of hydrogen-bond acceptors (Lipinski definition) is 4. The van der Waals surface area contributed by atoms with Crippen LogP contribution in [0.15, 0.2) is 29.0 Å². The van der Waals surface area contributed by atoms with Gasteiger partial charge in [0.15, 0.2) is 0 Å². The Balaban J connectivity index is 1.78. The zero-order chi connectivity index (χ0) is 11.7. The first-order chi connectivity index (χ1) is 8.33. The maximum atomic E-state index is 5.37. The van der Waals surface area contributed by atoms with E-state index >= 15 is 0 Å². The lowest BCUT2D eigenvalue weighted by Crippen LogP contribution is -2.40. The molecule has 0 aliphatic heterocycles. The van der Waals surface area contributed by atoms with Gasteiger partial charge in [-0.15, -0.1) is 0 Å². The Morgan fingerprint density at radius 1 is 1.47 bits per heavy atom. The van der Waals surface area contributed by atoms with Crippen LogP contribution in [0.1, 0.15) is 19.3 Å². The molecule has 17 heavy (non-hydrogen) atoms. The smallest absolute Gasteiger partial charge is 0.139 e. The van der Waals surface area contributed by atoms with Crippen LogP contribution >= 0.6 is 11.8 Å². The van der Waals surface area contributed by atoms with Crippen LogP contribution < -0.4 is 5.32 Å². The fourth-order valence-electron chi connectivity index (χ4n) is 2.30. The molecular weight excluding hydrogens is 232 g/mol. The Bertz CT molecular complexity index is 513. The van der Waals surface area contributed by atoms with Crippen LogP contribution in [-0.2, 0) is 0 Å². The van der Waals surface area contributed by atoms with Crippen LogP contribution in [0, 0.1) is 0 Å². The first kappa shape index (κ1) is 11.0. The normalized spacial score (nSPS) is 17.9. The number of nitrogens with one attached hydrogen (secondary N) is 1. The highest BCUT2D eigenvalue weighted by molar-refractivity contribution is 8.00. The van der Waals surface area contributed by atoms with E-state index in [0.717, 1.165) is 23.3 Å². The van der Waals surface area contributed by atoms with Gasteiger partial charge in [-0.1, -0.05) is 6.42 Å². The van der Waals surface area contributed by atoms with Gasteiger partial charge in [0.2, 0.25) is 0 Å². The maximum absolute atomic E-state index is 5.37. The summed E-state index contributed by atoms with van der Waals surface area (Å²) >= 11 is 1.97. The van der Waals surface area contributed by atoms with E-state index < -0.39 is 0 Å². The number of fused-ring (bicyclic) bond motifs is 1. The molecule has 0 spiro atoms. The van der Waals surface area contributed by atoms with Crippen LogP contribution in [0.5, 0.6) is 0 Å². The monoisotopic (exact) mass is 248 g/mol. The quantitative estimate of drug-likeness (QED) is 0.898. The third kappa shape index (κ3) is 1.90. The molecule has 1 aliphatic carbocycles. The molecule has 0 bridgehead atoms. The van der Waals surface area contributed by atoms with Gasteiger partial charge >= 0.3 is 0 Å². The lowest BCUT2D eigenvalue weighted by molar-refractivity contribution is 0.379. The number of nitrogens with zero attached hydrogens (tertiary/aromatic N) is 1. The molecule has 1 N–H and O–H groups in total. The van der Waals surface area contributed by atoms with Crippen molar-refractivity contribution in [3.8, 4) is 0 Å². The molecule has 0 unspecified atom stereocenters. The van der Waals surface area contributed by atoms with Gasteiger partial charge in [0.25, 0.3) is 0 Å². The molecular formula is C13H16N2OS. The van der Waals surface area contributed by atoms with Gasteiger partial charge in [0, 0.05) is 17.5 Å². The molecule has 0 amide bonds. The Kier molecular flexibility index (Phi) is 2.74. The zero-order valence-electron chi connectivity index (χ0n) is 9.90. The second-order valence-electron chi connectivity index (χ2n) is 4.59. The van der Waals surface area contributed by atoms with E-state index in [-0.39, 0.29) is 0 Å². The van der Waals surface area contributed by atoms with Crippen LogP contribution in [-0.4, -0.2) is 22.5 Å².